The number of hydrogen-bond acceptors (Lipinski definition) is 6. The van der Waals surface area contributed by atoms with Crippen LogP contribution in [0.5, 0.6) is 11.5 Å². The van der Waals surface area contributed by atoms with Crippen molar-refractivity contribution in [3.05, 3.63) is 94.5 Å². The predicted octanol–water partition coefficient (Wildman–Crippen LogP) is 4.56. The van der Waals surface area contributed by atoms with E-state index in [-0.39, 0.29) is 31.3 Å². The van der Waals surface area contributed by atoms with E-state index < -0.39 is 16.8 Å². The maximum Gasteiger partial charge on any atom is 0.311 e. The molecule has 7 nitrogen and oxygen atoms in total. The lowest BCUT2D eigenvalue weighted by atomic mass is 9.72. The van der Waals surface area contributed by atoms with E-state index >= 15 is 0 Å². The Hall–Kier alpha value is -3.68. The summed E-state index contributed by atoms with van der Waals surface area (Å²) in [6, 6.07) is 20.3. The zero-order chi connectivity index (χ0) is 28.2. The number of carbonyl (C=O) groups excluding carboxylic acids is 1. The number of ether oxygens (including phenoxy) is 2. The van der Waals surface area contributed by atoms with Crippen LogP contribution >= 0.6 is 0 Å². The lowest BCUT2D eigenvalue weighted by Gasteiger charge is -2.29. The van der Waals surface area contributed by atoms with Crippen molar-refractivity contribution in [2.45, 2.75) is 44.4 Å². The van der Waals surface area contributed by atoms with Crippen molar-refractivity contribution in [2.24, 2.45) is 5.41 Å². The van der Waals surface area contributed by atoms with Gasteiger partial charge in [0, 0.05) is 23.8 Å². The molecule has 0 amide bonds. The molecule has 0 saturated heterocycles. The monoisotopic (exact) mass is 532 g/mol. The van der Waals surface area contributed by atoms with Gasteiger partial charge in [0.2, 0.25) is 0 Å². The maximum absolute atomic E-state index is 13.4. The second kappa shape index (κ2) is 11.6. The third-order valence-corrected chi connectivity index (χ3v) is 8.21. The van der Waals surface area contributed by atoms with Crippen molar-refractivity contribution in [3.63, 3.8) is 0 Å². The van der Waals surface area contributed by atoms with Gasteiger partial charge in [0.1, 0.15) is 0 Å². The second-order valence-electron chi connectivity index (χ2n) is 10.7. The second-order valence-corrected chi connectivity index (χ2v) is 10.7. The van der Waals surface area contributed by atoms with E-state index in [1.54, 1.807) is 25.1 Å². The van der Waals surface area contributed by atoms with Gasteiger partial charge in [0.15, 0.2) is 17.3 Å². The van der Waals surface area contributed by atoms with Gasteiger partial charge in [-0.15, -0.1) is 0 Å². The van der Waals surface area contributed by atoms with Crippen LogP contribution in [0.25, 0.3) is 0 Å². The molecule has 0 heterocycles. The van der Waals surface area contributed by atoms with Crippen molar-refractivity contribution in [1.82, 2.24) is 0 Å². The molecular formula is C32H36O7. The third kappa shape index (κ3) is 5.56. The van der Waals surface area contributed by atoms with E-state index in [1.165, 1.54) is 7.11 Å². The normalized spacial score (nSPS) is 18.4. The first kappa shape index (κ1) is 28.3. The Morgan fingerprint density at radius 1 is 1.00 bits per heavy atom. The molecule has 2 unspecified atom stereocenters. The highest BCUT2D eigenvalue weighted by Crippen LogP contribution is 2.50. The number of rotatable bonds is 12. The molecule has 1 aliphatic carbocycles. The van der Waals surface area contributed by atoms with Gasteiger partial charge in [-0.1, -0.05) is 62.4 Å². The first-order valence-corrected chi connectivity index (χ1v) is 13.1. The summed E-state index contributed by atoms with van der Waals surface area (Å²) in [5.74, 6) is -0.640. The highest BCUT2D eigenvalue weighted by molar-refractivity contribution is 6.00. The van der Waals surface area contributed by atoms with Crippen LogP contribution in [0.15, 0.2) is 66.7 Å². The van der Waals surface area contributed by atoms with Gasteiger partial charge in [-0.25, -0.2) is 0 Å². The molecule has 39 heavy (non-hydrogen) atoms. The Balaban J connectivity index is 1.49. The van der Waals surface area contributed by atoms with Crippen molar-refractivity contribution in [3.8, 4) is 11.5 Å². The Morgan fingerprint density at radius 3 is 2.41 bits per heavy atom. The topological polar surface area (TPSA) is 113 Å². The lowest BCUT2D eigenvalue weighted by Crippen LogP contribution is -2.36. The van der Waals surface area contributed by atoms with Gasteiger partial charge >= 0.3 is 5.97 Å². The summed E-state index contributed by atoms with van der Waals surface area (Å²) in [5.41, 5.74) is 2.20. The minimum absolute atomic E-state index is 0.120. The number of carboxylic acid groups (broad SMARTS) is 1. The van der Waals surface area contributed by atoms with Crippen LogP contribution in [-0.2, 0) is 23.1 Å². The smallest absolute Gasteiger partial charge is 0.311 e. The first-order chi connectivity index (χ1) is 18.7. The van der Waals surface area contributed by atoms with Crippen LogP contribution in [0, 0.1) is 5.41 Å². The summed E-state index contributed by atoms with van der Waals surface area (Å²) in [6.07, 6.45) is 0.751. The zero-order valence-electron chi connectivity index (χ0n) is 22.6. The molecule has 4 rings (SSSR count). The highest BCUT2D eigenvalue weighted by atomic mass is 16.5. The number of methoxy groups -OCH3 is 1. The number of carboxylic acids is 1. The van der Waals surface area contributed by atoms with Gasteiger partial charge in [-0.05, 0) is 52.8 Å². The molecule has 0 bridgehead atoms. The Bertz CT molecular complexity index is 1340. The lowest BCUT2D eigenvalue weighted by molar-refractivity contribution is -0.149. The molecule has 0 radical (unpaired) electrons. The molecule has 2 atom stereocenters. The van der Waals surface area contributed by atoms with Crippen molar-refractivity contribution in [1.29, 1.82) is 0 Å². The fraction of sp³-hybridized carbons (Fsp3) is 0.375. The van der Waals surface area contributed by atoms with Gasteiger partial charge < -0.3 is 24.8 Å². The minimum atomic E-state index is -1.20. The van der Waals surface area contributed by atoms with Crippen LogP contribution in [-0.4, -0.2) is 54.0 Å². The minimum Gasteiger partial charge on any atom is -0.493 e. The molecule has 1 aliphatic rings. The SMILES string of the molecule is COc1ccc(C(=O)CC2(C(=O)O)Cc3ccccc3C2C)cc1OCCc1cccc(C(C)(CO)CO)c1. The van der Waals surface area contributed by atoms with Gasteiger partial charge in [0.05, 0.1) is 32.3 Å². The van der Waals surface area contributed by atoms with E-state index in [4.69, 9.17) is 9.47 Å². The molecule has 0 aromatic heterocycles. The molecule has 0 saturated carbocycles. The van der Waals surface area contributed by atoms with Crippen LogP contribution in [0.2, 0.25) is 0 Å². The van der Waals surface area contributed by atoms with Crippen LogP contribution in [0.3, 0.4) is 0 Å². The number of hydrogen-bond donors (Lipinski definition) is 3. The fourth-order valence-electron chi connectivity index (χ4n) is 5.43. The van der Waals surface area contributed by atoms with Crippen molar-refractivity contribution < 1.29 is 34.4 Å². The molecule has 3 aromatic rings. The molecule has 3 aromatic carbocycles. The number of benzene rings is 3. The van der Waals surface area contributed by atoms with Crippen molar-refractivity contribution in [2.75, 3.05) is 26.9 Å². The van der Waals surface area contributed by atoms with E-state index in [0.29, 0.717) is 36.5 Å². The predicted molar refractivity (Wildman–Crippen MR) is 148 cm³/mol. The molecule has 206 valence electrons. The third-order valence-electron chi connectivity index (χ3n) is 8.21. The van der Waals surface area contributed by atoms with E-state index in [0.717, 1.165) is 22.3 Å². The molecule has 3 N–H and O–H groups in total. The zero-order valence-corrected chi connectivity index (χ0v) is 22.6. The summed E-state index contributed by atoms with van der Waals surface area (Å²) >= 11 is 0. The van der Waals surface area contributed by atoms with Gasteiger partial charge in [0.25, 0.3) is 0 Å². The Labute approximate surface area is 229 Å². The summed E-state index contributed by atoms with van der Waals surface area (Å²) in [5, 5.41) is 29.7. The molecule has 0 aliphatic heterocycles. The molecule has 0 spiro atoms. The number of aliphatic carboxylic acids is 1. The average molecular weight is 533 g/mol. The number of carbonyl (C=O) groups is 2. The quantitative estimate of drug-likeness (QED) is 0.293. The van der Waals surface area contributed by atoms with Crippen LogP contribution in [0.4, 0.5) is 0 Å². The number of Topliss-reactive ketones (excluding diaryl/α,β-unsaturated/α-hetero) is 1. The summed E-state index contributed by atoms with van der Waals surface area (Å²) in [4.78, 5) is 26.0. The molecule has 0 fully saturated rings. The van der Waals surface area contributed by atoms with E-state index in [1.807, 2.05) is 55.5 Å². The van der Waals surface area contributed by atoms with Crippen LogP contribution < -0.4 is 9.47 Å². The largest absolute Gasteiger partial charge is 0.493 e. The summed E-state index contributed by atoms with van der Waals surface area (Å²) in [7, 11) is 1.52. The van der Waals surface area contributed by atoms with E-state index in [9.17, 15) is 24.9 Å². The number of fused-ring (bicyclic) bond motifs is 1. The standard InChI is InChI=1S/C32H36O7/c1-21-26-10-5-4-8-24(26)17-32(21,30(36)37)18-27(35)23-11-12-28(38-3)29(16-23)39-14-13-22-7-6-9-25(15-22)31(2,19-33)20-34/h4-12,15-16,21,33-34H,13-14,17-20H2,1-3H3,(H,36,37). The van der Waals surface area contributed by atoms with Crippen LogP contribution in [0.1, 0.15) is 58.8 Å². The van der Waals surface area contributed by atoms with Gasteiger partial charge in [-0.2, -0.15) is 0 Å². The summed E-state index contributed by atoms with van der Waals surface area (Å²) in [6.45, 7) is 3.65. The molecule has 7 heteroatoms. The Morgan fingerprint density at radius 2 is 1.74 bits per heavy atom. The average Bonchev–Trinajstić information content (AvgIpc) is 3.24. The van der Waals surface area contributed by atoms with Crippen molar-refractivity contribution >= 4 is 11.8 Å². The maximum atomic E-state index is 13.4. The number of ketones is 1. The fourth-order valence-corrected chi connectivity index (χ4v) is 5.43. The van der Waals surface area contributed by atoms with Gasteiger partial charge in [-0.3, -0.25) is 9.59 Å². The number of aliphatic hydroxyl groups excluding tert-OH is 2. The highest BCUT2D eigenvalue weighted by Gasteiger charge is 2.50. The Kier molecular flexibility index (Phi) is 8.42. The van der Waals surface area contributed by atoms with E-state index in [2.05, 4.69) is 0 Å². The molecular weight excluding hydrogens is 496 g/mol. The first-order valence-electron chi connectivity index (χ1n) is 13.1. The summed E-state index contributed by atoms with van der Waals surface area (Å²) < 4.78 is 11.5. The number of aliphatic hydroxyl groups is 2.